The number of rotatable bonds is 5. The number of hydrogen-bond donors (Lipinski definition) is 1. The molecule has 1 aliphatic heterocycles. The highest BCUT2D eigenvalue weighted by Gasteiger charge is 2.31. The van der Waals surface area contributed by atoms with Crippen LogP contribution < -0.4 is 0 Å². The summed E-state index contributed by atoms with van der Waals surface area (Å²) >= 11 is 0. The Morgan fingerprint density at radius 3 is 2.06 bits per heavy atom. The van der Waals surface area contributed by atoms with Crippen molar-refractivity contribution in [1.29, 1.82) is 0 Å². The molecule has 35 heavy (non-hydrogen) atoms. The normalized spacial score (nSPS) is 14.7. The first-order valence-corrected chi connectivity index (χ1v) is 12.5. The van der Waals surface area contributed by atoms with Crippen molar-refractivity contribution in [2.75, 3.05) is 26.3 Å². The largest absolute Gasteiger partial charge is 0.494 e. The van der Waals surface area contributed by atoms with Crippen molar-refractivity contribution in [3.05, 3.63) is 95.6 Å². The number of morpholine rings is 1. The van der Waals surface area contributed by atoms with Crippen LogP contribution in [0.3, 0.4) is 0 Å². The molecule has 1 N–H and O–H groups in total. The molecule has 2 heterocycles. The Kier molecular flexibility index (Phi) is 5.98. The lowest BCUT2D eigenvalue weighted by atomic mass is 10.0. The molecule has 0 bridgehead atoms. The fourth-order valence-corrected chi connectivity index (χ4v) is 5.66. The molecule has 3 aromatic carbocycles. The first kappa shape index (κ1) is 23.0. The zero-order valence-electron chi connectivity index (χ0n) is 18.6. The number of carbonyl (C=O) groups excluding carboxylic acids is 2. The van der Waals surface area contributed by atoms with Crippen LogP contribution in [0.2, 0.25) is 0 Å². The van der Waals surface area contributed by atoms with Gasteiger partial charge in [-0.15, -0.1) is 0 Å². The van der Waals surface area contributed by atoms with E-state index < -0.39 is 27.6 Å². The quantitative estimate of drug-likeness (QED) is 0.431. The van der Waals surface area contributed by atoms with Gasteiger partial charge >= 0.3 is 0 Å². The molecule has 9 heteroatoms. The maximum atomic E-state index is 13.5. The Morgan fingerprint density at radius 2 is 1.43 bits per heavy atom. The number of carbonyl (C=O) groups is 2. The molecule has 0 saturated carbocycles. The average molecular weight is 491 g/mol. The second-order valence-electron chi connectivity index (χ2n) is 8.10. The zero-order chi connectivity index (χ0) is 24.6. The van der Waals surface area contributed by atoms with Gasteiger partial charge in [0.1, 0.15) is 0 Å². The molecule has 1 aromatic heterocycles. The van der Waals surface area contributed by atoms with Crippen LogP contribution in [0.4, 0.5) is 0 Å². The molecule has 8 nitrogen and oxygen atoms in total. The highest BCUT2D eigenvalue weighted by atomic mass is 32.2. The van der Waals surface area contributed by atoms with Crippen molar-refractivity contribution in [2.45, 2.75) is 4.90 Å². The molecular formula is C26H22N2O6S. The van der Waals surface area contributed by atoms with E-state index in [4.69, 9.17) is 4.74 Å². The first-order valence-electron chi connectivity index (χ1n) is 11.0. The van der Waals surface area contributed by atoms with Gasteiger partial charge in [0.25, 0.3) is 5.91 Å². The number of fused-ring (bicyclic) bond motifs is 1. The van der Waals surface area contributed by atoms with Crippen molar-refractivity contribution in [3.63, 3.8) is 0 Å². The number of hydrogen-bond acceptors (Lipinski definition) is 6. The van der Waals surface area contributed by atoms with Gasteiger partial charge < -0.3 is 9.84 Å². The summed E-state index contributed by atoms with van der Waals surface area (Å²) in [7, 11) is -3.87. The molecule has 1 saturated heterocycles. The van der Waals surface area contributed by atoms with Crippen molar-refractivity contribution < 1.29 is 27.9 Å². The van der Waals surface area contributed by atoms with Crippen LogP contribution >= 0.6 is 0 Å². The van der Waals surface area contributed by atoms with Crippen LogP contribution in [-0.2, 0) is 14.8 Å². The standard InChI is InChI=1S/C26H22N2O6S/c29-24(18-7-3-1-4-8-18)23-21-17-20(35(32,33)27-13-15-34-16-14-27)11-12-22(21)28(26(23)31)25(30)19-9-5-2-6-10-19/h1-12,17,31H,13-16H2. The van der Waals surface area contributed by atoms with Crippen LogP contribution in [0, 0.1) is 0 Å². The molecule has 1 fully saturated rings. The Labute approximate surface area is 202 Å². The third-order valence-electron chi connectivity index (χ3n) is 6.01. The fraction of sp³-hybridized carbons (Fsp3) is 0.154. The zero-order valence-corrected chi connectivity index (χ0v) is 19.4. The molecule has 0 spiro atoms. The molecule has 4 aromatic rings. The summed E-state index contributed by atoms with van der Waals surface area (Å²) in [5, 5.41) is 11.3. The van der Waals surface area contributed by atoms with E-state index in [0.29, 0.717) is 24.3 Å². The molecular weight excluding hydrogens is 468 g/mol. The average Bonchev–Trinajstić information content (AvgIpc) is 3.20. The van der Waals surface area contributed by atoms with Crippen molar-refractivity contribution in [1.82, 2.24) is 8.87 Å². The molecule has 5 rings (SSSR count). The summed E-state index contributed by atoms with van der Waals surface area (Å²) in [5.41, 5.74) is 0.713. The molecule has 1 aliphatic rings. The SMILES string of the molecule is O=C(c1ccccc1)c1c(O)n(C(=O)c2ccccc2)c2ccc(S(=O)(=O)N3CCOCC3)cc12. The van der Waals surface area contributed by atoms with Gasteiger partial charge in [-0.3, -0.25) is 9.59 Å². The van der Waals surface area contributed by atoms with E-state index in [-0.39, 0.29) is 34.5 Å². The summed E-state index contributed by atoms with van der Waals surface area (Å²) < 4.78 is 34.2. The smallest absolute Gasteiger partial charge is 0.265 e. The Morgan fingerprint density at radius 1 is 0.829 bits per heavy atom. The van der Waals surface area contributed by atoms with E-state index in [9.17, 15) is 23.1 Å². The number of ketones is 1. The van der Waals surface area contributed by atoms with E-state index in [2.05, 4.69) is 0 Å². The van der Waals surface area contributed by atoms with E-state index in [1.54, 1.807) is 60.7 Å². The fourth-order valence-electron chi connectivity index (χ4n) is 4.23. The van der Waals surface area contributed by atoms with Gasteiger partial charge in [-0.25, -0.2) is 13.0 Å². The van der Waals surface area contributed by atoms with E-state index in [1.165, 1.54) is 22.5 Å². The van der Waals surface area contributed by atoms with Crippen molar-refractivity contribution >= 4 is 32.6 Å². The Balaban J connectivity index is 1.72. The van der Waals surface area contributed by atoms with Crippen LogP contribution in [0.1, 0.15) is 26.3 Å². The summed E-state index contributed by atoms with van der Waals surface area (Å²) in [6.07, 6.45) is 0. The Hall–Kier alpha value is -3.79. The van der Waals surface area contributed by atoms with Gasteiger partial charge in [-0.2, -0.15) is 4.31 Å². The third kappa shape index (κ3) is 4.03. The minimum atomic E-state index is -3.87. The van der Waals surface area contributed by atoms with Crippen LogP contribution in [0.15, 0.2) is 83.8 Å². The van der Waals surface area contributed by atoms with Gasteiger partial charge in [0, 0.05) is 29.6 Å². The van der Waals surface area contributed by atoms with Crippen molar-refractivity contribution in [2.24, 2.45) is 0 Å². The van der Waals surface area contributed by atoms with E-state index in [1.807, 2.05) is 0 Å². The van der Waals surface area contributed by atoms with Crippen LogP contribution in [0.5, 0.6) is 5.88 Å². The van der Waals surface area contributed by atoms with Crippen LogP contribution in [-0.4, -0.2) is 60.4 Å². The highest BCUT2D eigenvalue weighted by molar-refractivity contribution is 7.89. The molecule has 0 atom stereocenters. The van der Waals surface area contributed by atoms with Gasteiger partial charge in [0.05, 0.1) is 29.2 Å². The number of nitrogens with zero attached hydrogens (tertiary/aromatic N) is 2. The lowest BCUT2D eigenvalue weighted by Gasteiger charge is -2.26. The summed E-state index contributed by atoms with van der Waals surface area (Å²) in [6.45, 7) is 1.02. The summed E-state index contributed by atoms with van der Waals surface area (Å²) in [6, 6.07) is 20.9. The second-order valence-corrected chi connectivity index (χ2v) is 10.0. The number of benzene rings is 3. The number of sulfonamides is 1. The van der Waals surface area contributed by atoms with Gasteiger partial charge in [0.15, 0.2) is 5.78 Å². The second kappa shape index (κ2) is 9.10. The molecule has 0 aliphatic carbocycles. The summed E-state index contributed by atoms with van der Waals surface area (Å²) in [5.74, 6) is -1.60. The lowest BCUT2D eigenvalue weighted by molar-refractivity contribution is 0.0730. The van der Waals surface area contributed by atoms with E-state index in [0.717, 1.165) is 4.57 Å². The number of ether oxygens (including phenoxy) is 1. The molecule has 0 unspecified atom stereocenters. The third-order valence-corrected chi connectivity index (χ3v) is 7.90. The lowest BCUT2D eigenvalue weighted by Crippen LogP contribution is -2.40. The summed E-state index contributed by atoms with van der Waals surface area (Å²) in [4.78, 5) is 26.8. The predicted octanol–water partition coefficient (Wildman–Crippen LogP) is 3.29. The Bertz CT molecular complexity index is 1520. The highest BCUT2D eigenvalue weighted by Crippen LogP contribution is 2.36. The minimum absolute atomic E-state index is 0.0293. The topological polar surface area (TPSA) is 106 Å². The maximum absolute atomic E-state index is 13.5. The molecule has 178 valence electrons. The van der Waals surface area contributed by atoms with Crippen LogP contribution in [0.25, 0.3) is 10.9 Å². The number of aromatic hydroxyl groups is 1. The van der Waals surface area contributed by atoms with Crippen molar-refractivity contribution in [3.8, 4) is 5.88 Å². The molecule has 0 radical (unpaired) electrons. The monoisotopic (exact) mass is 490 g/mol. The van der Waals surface area contributed by atoms with Gasteiger partial charge in [-0.05, 0) is 30.3 Å². The number of aromatic nitrogens is 1. The minimum Gasteiger partial charge on any atom is -0.494 e. The van der Waals surface area contributed by atoms with E-state index >= 15 is 0 Å². The predicted molar refractivity (Wildman–Crippen MR) is 129 cm³/mol. The van der Waals surface area contributed by atoms with Gasteiger partial charge in [0.2, 0.25) is 15.9 Å². The first-order chi connectivity index (χ1) is 16.9. The van der Waals surface area contributed by atoms with Gasteiger partial charge in [-0.1, -0.05) is 48.5 Å². The maximum Gasteiger partial charge on any atom is 0.265 e. The molecule has 0 amide bonds.